The van der Waals surface area contributed by atoms with Gasteiger partial charge in [0, 0.05) is 65.4 Å². The fourth-order valence-electron chi connectivity index (χ4n) is 1.49. The number of methoxy groups -OCH3 is 1. The summed E-state index contributed by atoms with van der Waals surface area (Å²) < 4.78 is 5.18. The first kappa shape index (κ1) is 12.0. The van der Waals surface area contributed by atoms with E-state index in [1.54, 1.807) is 7.11 Å². The molecule has 1 saturated heterocycles. The van der Waals surface area contributed by atoms with E-state index in [4.69, 9.17) is 9.84 Å². The van der Waals surface area contributed by atoms with Crippen molar-refractivity contribution >= 4 is 0 Å². The summed E-state index contributed by atoms with van der Waals surface area (Å²) in [6.07, 6.45) is 0.231. The van der Waals surface area contributed by atoms with Gasteiger partial charge in [0.25, 0.3) is 0 Å². The van der Waals surface area contributed by atoms with Crippen LogP contribution >= 0.6 is 0 Å². The largest absolute Gasteiger partial charge is 0.396 e. The Morgan fingerprint density at radius 3 is 2.55 bits per heavy atom. The zero-order valence-corrected chi connectivity index (χ0v) is 9.99. The average Bonchev–Trinajstić information content (AvgIpc) is 2.30. The Bertz CT molecular complexity index is 101. The normalized spacial score (nSPS) is 31.9. The molecule has 1 rings (SSSR count). The van der Waals surface area contributed by atoms with Crippen LogP contribution in [0.2, 0.25) is 0 Å². The van der Waals surface area contributed by atoms with Crippen molar-refractivity contribution in [1.82, 2.24) is 4.90 Å². The molecule has 1 aliphatic rings. The van der Waals surface area contributed by atoms with Crippen LogP contribution in [0.4, 0.5) is 0 Å². The Morgan fingerprint density at radius 2 is 2.18 bits per heavy atom. The Kier molecular flexibility index (Phi) is 6.10. The third-order valence-corrected chi connectivity index (χ3v) is 2.10. The van der Waals surface area contributed by atoms with E-state index in [0.717, 1.165) is 13.1 Å². The van der Waals surface area contributed by atoms with Gasteiger partial charge in [0.2, 0.25) is 0 Å². The maximum absolute atomic E-state index is 8.88. The van der Waals surface area contributed by atoms with Gasteiger partial charge in [-0.2, -0.15) is 0 Å². The van der Waals surface area contributed by atoms with Gasteiger partial charge in [0.1, 0.15) is 0 Å². The van der Waals surface area contributed by atoms with E-state index in [1.165, 1.54) is 0 Å². The second-order valence-corrected chi connectivity index (χ2v) is 2.94. The molecule has 0 saturated carbocycles. The summed E-state index contributed by atoms with van der Waals surface area (Å²) in [5.41, 5.74) is 0. The molecule has 0 spiro atoms. The van der Waals surface area contributed by atoms with Crippen LogP contribution in [-0.2, 0) is 37.4 Å². The van der Waals surface area contributed by atoms with Crippen LogP contribution in [0.1, 0.15) is 0 Å². The van der Waals surface area contributed by atoms with E-state index in [1.807, 2.05) is 7.05 Å². The van der Waals surface area contributed by atoms with Crippen LogP contribution in [0.25, 0.3) is 0 Å². The van der Waals surface area contributed by atoms with Gasteiger partial charge >= 0.3 is 0 Å². The first-order valence-corrected chi connectivity index (χ1v) is 3.60. The predicted molar refractivity (Wildman–Crippen MR) is 38.9 cm³/mol. The fourth-order valence-corrected chi connectivity index (χ4v) is 1.49. The third-order valence-electron chi connectivity index (χ3n) is 2.10. The molecule has 4 heteroatoms. The Balaban J connectivity index is 0.000001000. The monoisotopic (exact) mass is 234 g/mol. The molecule has 63 valence electrons. The zero-order chi connectivity index (χ0) is 7.56. The standard InChI is InChI=1S/C7H15NO2.Y/c1-8-3-6(5-9)7(4-8)10-2;/h6-7,9H,3-5H2,1-2H3;. The predicted octanol–water partition coefficient (Wildman–Crippen LogP) is -0.447. The Morgan fingerprint density at radius 1 is 1.55 bits per heavy atom. The number of rotatable bonds is 2. The average molecular weight is 234 g/mol. The number of hydrogen-bond donors (Lipinski definition) is 1. The SMILES string of the molecule is COC1CN(C)CC1CO.[Y]. The molecule has 1 aliphatic heterocycles. The van der Waals surface area contributed by atoms with Gasteiger partial charge in [-0.3, -0.25) is 0 Å². The molecule has 1 fully saturated rings. The molecule has 0 aromatic rings. The van der Waals surface area contributed by atoms with E-state index >= 15 is 0 Å². The van der Waals surface area contributed by atoms with Gasteiger partial charge in [-0.25, -0.2) is 0 Å². The smallest absolute Gasteiger partial charge is 0.0760 e. The van der Waals surface area contributed by atoms with E-state index in [-0.39, 0.29) is 45.4 Å². The van der Waals surface area contributed by atoms with Crippen LogP contribution < -0.4 is 0 Å². The van der Waals surface area contributed by atoms with Gasteiger partial charge in [0.05, 0.1) is 6.10 Å². The second kappa shape index (κ2) is 5.60. The first-order valence-electron chi connectivity index (χ1n) is 3.60. The van der Waals surface area contributed by atoms with Crippen molar-refractivity contribution < 1.29 is 42.6 Å². The topological polar surface area (TPSA) is 32.7 Å². The summed E-state index contributed by atoms with van der Waals surface area (Å²) >= 11 is 0. The quantitative estimate of drug-likeness (QED) is 0.702. The maximum Gasteiger partial charge on any atom is 0.0760 e. The van der Waals surface area contributed by atoms with E-state index in [9.17, 15) is 0 Å². The fraction of sp³-hybridized carbons (Fsp3) is 1.00. The minimum atomic E-state index is 0. The molecule has 2 unspecified atom stereocenters. The summed E-state index contributed by atoms with van der Waals surface area (Å²) in [5, 5.41) is 8.88. The minimum Gasteiger partial charge on any atom is -0.396 e. The summed E-state index contributed by atoms with van der Waals surface area (Å²) in [4.78, 5) is 2.18. The molecule has 11 heavy (non-hydrogen) atoms. The summed E-state index contributed by atoms with van der Waals surface area (Å²) in [6, 6.07) is 0. The van der Waals surface area contributed by atoms with Gasteiger partial charge in [0.15, 0.2) is 0 Å². The molecular weight excluding hydrogens is 219 g/mol. The van der Waals surface area contributed by atoms with Crippen LogP contribution in [-0.4, -0.2) is 50.0 Å². The molecule has 3 nitrogen and oxygen atoms in total. The number of ether oxygens (including phenoxy) is 1. The molecule has 2 atom stereocenters. The number of likely N-dealkylation sites (N-methyl/N-ethyl adjacent to an activating group) is 1. The number of likely N-dealkylation sites (tertiary alicyclic amines) is 1. The Hall–Kier alpha value is 0.984. The third kappa shape index (κ3) is 3.07. The van der Waals surface area contributed by atoms with Crippen molar-refractivity contribution in [1.29, 1.82) is 0 Å². The molecule has 1 heterocycles. The molecule has 0 bridgehead atoms. The van der Waals surface area contributed by atoms with Crippen molar-refractivity contribution in [2.75, 3.05) is 33.9 Å². The Labute approximate surface area is 93.0 Å². The minimum absolute atomic E-state index is 0. The molecular formula is C7H15NO2Y. The van der Waals surface area contributed by atoms with Crippen molar-refractivity contribution in [2.24, 2.45) is 5.92 Å². The molecule has 0 aromatic heterocycles. The number of hydrogen-bond acceptors (Lipinski definition) is 3. The van der Waals surface area contributed by atoms with Crippen molar-refractivity contribution in [3.05, 3.63) is 0 Å². The zero-order valence-electron chi connectivity index (χ0n) is 7.16. The van der Waals surface area contributed by atoms with Crippen LogP contribution in [0.5, 0.6) is 0 Å². The van der Waals surface area contributed by atoms with Crippen molar-refractivity contribution in [2.45, 2.75) is 6.10 Å². The number of aliphatic hydroxyl groups is 1. The van der Waals surface area contributed by atoms with Gasteiger partial charge in [-0.1, -0.05) is 0 Å². The van der Waals surface area contributed by atoms with E-state index in [2.05, 4.69) is 4.90 Å². The van der Waals surface area contributed by atoms with Crippen molar-refractivity contribution in [3.8, 4) is 0 Å². The maximum atomic E-state index is 8.88. The molecule has 1 N–H and O–H groups in total. The summed E-state index contributed by atoms with van der Waals surface area (Å²) in [5.74, 6) is 0.315. The van der Waals surface area contributed by atoms with Crippen LogP contribution in [0, 0.1) is 5.92 Å². The van der Waals surface area contributed by atoms with Crippen LogP contribution in [0.3, 0.4) is 0 Å². The number of nitrogens with zero attached hydrogens (tertiary/aromatic N) is 1. The van der Waals surface area contributed by atoms with E-state index in [0.29, 0.717) is 5.92 Å². The summed E-state index contributed by atoms with van der Waals surface area (Å²) in [7, 11) is 3.74. The van der Waals surface area contributed by atoms with E-state index < -0.39 is 0 Å². The molecule has 0 amide bonds. The number of aliphatic hydroxyl groups excluding tert-OH is 1. The van der Waals surface area contributed by atoms with Crippen LogP contribution in [0.15, 0.2) is 0 Å². The second-order valence-electron chi connectivity index (χ2n) is 2.94. The van der Waals surface area contributed by atoms with Gasteiger partial charge < -0.3 is 14.7 Å². The molecule has 0 aliphatic carbocycles. The van der Waals surface area contributed by atoms with Gasteiger partial charge in [-0.15, -0.1) is 0 Å². The van der Waals surface area contributed by atoms with Crippen molar-refractivity contribution in [3.63, 3.8) is 0 Å². The van der Waals surface area contributed by atoms with Gasteiger partial charge in [-0.05, 0) is 7.05 Å². The molecule has 1 radical (unpaired) electrons. The summed E-state index contributed by atoms with van der Waals surface area (Å²) in [6.45, 7) is 2.14. The molecule has 0 aromatic carbocycles. The first-order chi connectivity index (χ1) is 4.77.